The van der Waals surface area contributed by atoms with Crippen molar-refractivity contribution in [1.29, 1.82) is 0 Å². The summed E-state index contributed by atoms with van der Waals surface area (Å²) < 4.78 is 0. The summed E-state index contributed by atoms with van der Waals surface area (Å²) in [6, 6.07) is 4.80. The Bertz CT molecular complexity index is 365. The molecule has 0 bridgehead atoms. The van der Waals surface area contributed by atoms with Crippen molar-refractivity contribution >= 4 is 11.5 Å². The predicted octanol–water partition coefficient (Wildman–Crippen LogP) is 3.89. The largest absolute Gasteiger partial charge is 0.382 e. The van der Waals surface area contributed by atoms with Crippen LogP contribution < -0.4 is 10.6 Å². The van der Waals surface area contributed by atoms with E-state index in [1.807, 2.05) is 6.20 Å². The Morgan fingerprint density at radius 3 is 3.00 bits per heavy atom. The summed E-state index contributed by atoms with van der Waals surface area (Å²) in [7, 11) is 0. The van der Waals surface area contributed by atoms with E-state index in [1.54, 1.807) is 0 Å². The molecule has 2 N–H and O–H groups in total. The first-order valence-electron chi connectivity index (χ1n) is 7.24. The second kappa shape index (κ2) is 6.62. The molecule has 0 radical (unpaired) electrons. The van der Waals surface area contributed by atoms with E-state index >= 15 is 0 Å². The van der Waals surface area contributed by atoms with Crippen molar-refractivity contribution in [2.75, 3.05) is 17.2 Å². The predicted molar refractivity (Wildman–Crippen MR) is 78.1 cm³/mol. The lowest BCUT2D eigenvalue weighted by Gasteiger charge is -2.18. The van der Waals surface area contributed by atoms with Gasteiger partial charge in [0.2, 0.25) is 0 Å². The van der Waals surface area contributed by atoms with Gasteiger partial charge in [0.1, 0.15) is 5.82 Å². The molecule has 1 aromatic heterocycles. The van der Waals surface area contributed by atoms with Gasteiger partial charge in [-0.1, -0.05) is 19.8 Å². The van der Waals surface area contributed by atoms with Crippen LogP contribution in [0.15, 0.2) is 18.3 Å². The Labute approximate surface area is 110 Å². The highest BCUT2D eigenvalue weighted by molar-refractivity contribution is 5.52. The molecule has 1 fully saturated rings. The summed E-state index contributed by atoms with van der Waals surface area (Å²) in [6.07, 6.45) is 8.55. The lowest BCUT2D eigenvalue weighted by molar-refractivity contribution is 0.502. The molecule has 1 aliphatic rings. The number of hydrogen-bond acceptors (Lipinski definition) is 3. The van der Waals surface area contributed by atoms with Gasteiger partial charge in [0.15, 0.2) is 0 Å². The van der Waals surface area contributed by atoms with Crippen LogP contribution in [-0.2, 0) is 0 Å². The molecule has 2 rings (SSSR count). The Morgan fingerprint density at radius 2 is 2.17 bits per heavy atom. The van der Waals surface area contributed by atoms with E-state index in [1.165, 1.54) is 37.8 Å². The van der Waals surface area contributed by atoms with Gasteiger partial charge in [0.05, 0.1) is 0 Å². The van der Waals surface area contributed by atoms with Gasteiger partial charge in [-0.3, -0.25) is 0 Å². The van der Waals surface area contributed by atoms with Gasteiger partial charge in [-0.25, -0.2) is 4.98 Å². The zero-order valence-corrected chi connectivity index (χ0v) is 11.6. The SMILES string of the molecule is CCNc1cc(NC2CCCC(C)CC2)ccn1. The average molecular weight is 247 g/mol. The summed E-state index contributed by atoms with van der Waals surface area (Å²) in [6.45, 7) is 5.38. The number of nitrogens with zero attached hydrogens (tertiary/aromatic N) is 1. The van der Waals surface area contributed by atoms with Gasteiger partial charge >= 0.3 is 0 Å². The molecule has 0 amide bonds. The van der Waals surface area contributed by atoms with Crippen LogP contribution in [0.2, 0.25) is 0 Å². The second-order valence-electron chi connectivity index (χ2n) is 5.41. The summed E-state index contributed by atoms with van der Waals surface area (Å²) in [5, 5.41) is 6.91. The first-order valence-corrected chi connectivity index (χ1v) is 7.24. The minimum Gasteiger partial charge on any atom is -0.382 e. The Kier molecular flexibility index (Phi) is 4.85. The molecule has 1 aliphatic carbocycles. The van der Waals surface area contributed by atoms with Gasteiger partial charge in [0, 0.05) is 30.5 Å². The zero-order chi connectivity index (χ0) is 12.8. The molecule has 2 unspecified atom stereocenters. The van der Waals surface area contributed by atoms with Crippen molar-refractivity contribution in [2.45, 2.75) is 52.0 Å². The van der Waals surface area contributed by atoms with Crippen LogP contribution >= 0.6 is 0 Å². The topological polar surface area (TPSA) is 37.0 Å². The summed E-state index contributed by atoms with van der Waals surface area (Å²) in [5.41, 5.74) is 1.19. The van der Waals surface area contributed by atoms with Crippen molar-refractivity contribution in [3.8, 4) is 0 Å². The maximum atomic E-state index is 4.30. The molecule has 0 aromatic carbocycles. The molecule has 3 heteroatoms. The second-order valence-corrected chi connectivity index (χ2v) is 5.41. The third-order valence-electron chi connectivity index (χ3n) is 3.75. The third-order valence-corrected chi connectivity index (χ3v) is 3.75. The van der Waals surface area contributed by atoms with Crippen molar-refractivity contribution in [1.82, 2.24) is 4.98 Å². The smallest absolute Gasteiger partial charge is 0.127 e. The van der Waals surface area contributed by atoms with Crippen molar-refractivity contribution in [2.24, 2.45) is 5.92 Å². The molecule has 1 heterocycles. The molecule has 18 heavy (non-hydrogen) atoms. The van der Waals surface area contributed by atoms with Gasteiger partial charge in [-0.2, -0.15) is 0 Å². The molecule has 2 atom stereocenters. The number of hydrogen-bond donors (Lipinski definition) is 2. The van der Waals surface area contributed by atoms with Crippen LogP contribution in [0.25, 0.3) is 0 Å². The van der Waals surface area contributed by atoms with Crippen molar-refractivity contribution < 1.29 is 0 Å². The fraction of sp³-hybridized carbons (Fsp3) is 0.667. The maximum Gasteiger partial charge on any atom is 0.127 e. The van der Waals surface area contributed by atoms with Crippen LogP contribution in [0.3, 0.4) is 0 Å². The molecule has 0 spiro atoms. The zero-order valence-electron chi connectivity index (χ0n) is 11.6. The van der Waals surface area contributed by atoms with Crippen LogP contribution in [0.5, 0.6) is 0 Å². The standard InChI is InChI=1S/C15H25N3/c1-3-16-15-11-14(9-10-17-15)18-13-6-4-5-12(2)7-8-13/h9-13H,3-8H2,1-2H3,(H2,16,17,18). The highest BCUT2D eigenvalue weighted by Gasteiger charge is 2.15. The molecular weight excluding hydrogens is 222 g/mol. The molecule has 0 saturated heterocycles. The maximum absolute atomic E-state index is 4.30. The summed E-state index contributed by atoms with van der Waals surface area (Å²) in [4.78, 5) is 4.30. The monoisotopic (exact) mass is 247 g/mol. The third kappa shape index (κ3) is 3.90. The number of nitrogens with one attached hydrogen (secondary N) is 2. The average Bonchev–Trinajstić information content (AvgIpc) is 2.56. The molecular formula is C15H25N3. The van der Waals surface area contributed by atoms with E-state index in [4.69, 9.17) is 0 Å². The fourth-order valence-corrected chi connectivity index (χ4v) is 2.67. The van der Waals surface area contributed by atoms with Crippen LogP contribution in [0, 0.1) is 5.92 Å². The van der Waals surface area contributed by atoms with Crippen molar-refractivity contribution in [3.63, 3.8) is 0 Å². The molecule has 0 aliphatic heterocycles. The van der Waals surface area contributed by atoms with Gasteiger partial charge < -0.3 is 10.6 Å². The number of aromatic nitrogens is 1. The Hall–Kier alpha value is -1.25. The van der Waals surface area contributed by atoms with Crippen LogP contribution in [0.4, 0.5) is 11.5 Å². The summed E-state index contributed by atoms with van der Waals surface area (Å²) >= 11 is 0. The summed E-state index contributed by atoms with van der Waals surface area (Å²) in [5.74, 6) is 1.86. The minimum absolute atomic E-state index is 0.631. The van der Waals surface area contributed by atoms with Crippen LogP contribution in [0.1, 0.15) is 46.0 Å². The van der Waals surface area contributed by atoms with E-state index in [-0.39, 0.29) is 0 Å². The number of rotatable bonds is 4. The Morgan fingerprint density at radius 1 is 1.28 bits per heavy atom. The normalized spacial score (nSPS) is 24.3. The van der Waals surface area contributed by atoms with E-state index in [0.717, 1.165) is 18.3 Å². The first-order chi connectivity index (χ1) is 8.78. The molecule has 3 nitrogen and oxygen atoms in total. The fourth-order valence-electron chi connectivity index (χ4n) is 2.67. The highest BCUT2D eigenvalue weighted by atomic mass is 15.0. The number of pyridine rings is 1. The molecule has 1 aromatic rings. The number of anilines is 2. The van der Waals surface area contributed by atoms with Crippen molar-refractivity contribution in [3.05, 3.63) is 18.3 Å². The van der Waals surface area contributed by atoms with Crippen LogP contribution in [-0.4, -0.2) is 17.6 Å². The van der Waals surface area contributed by atoms with E-state index in [9.17, 15) is 0 Å². The molecule has 1 saturated carbocycles. The van der Waals surface area contributed by atoms with E-state index in [0.29, 0.717) is 6.04 Å². The first kappa shape index (κ1) is 13.2. The lowest BCUT2D eigenvalue weighted by atomic mass is 10.0. The van der Waals surface area contributed by atoms with E-state index < -0.39 is 0 Å². The van der Waals surface area contributed by atoms with Gasteiger partial charge in [0.25, 0.3) is 0 Å². The lowest BCUT2D eigenvalue weighted by Crippen LogP contribution is -2.18. The van der Waals surface area contributed by atoms with Gasteiger partial charge in [-0.15, -0.1) is 0 Å². The minimum atomic E-state index is 0.631. The van der Waals surface area contributed by atoms with E-state index in [2.05, 4.69) is 41.6 Å². The molecule has 100 valence electrons. The highest BCUT2D eigenvalue weighted by Crippen LogP contribution is 2.25. The Balaban J connectivity index is 1.93. The quantitative estimate of drug-likeness (QED) is 0.792. The van der Waals surface area contributed by atoms with Gasteiger partial charge in [-0.05, 0) is 38.2 Å².